The first-order chi connectivity index (χ1) is 14.6. The number of halogens is 2. The first kappa shape index (κ1) is 21.2. The summed E-state index contributed by atoms with van der Waals surface area (Å²) in [6, 6.07) is 8.64. The van der Waals surface area contributed by atoms with Gasteiger partial charge in [-0.15, -0.1) is 0 Å². The predicted molar refractivity (Wildman–Crippen MR) is 122 cm³/mol. The highest BCUT2D eigenvalue weighted by Gasteiger charge is 2.31. The molecule has 0 aliphatic carbocycles. The zero-order valence-electron chi connectivity index (χ0n) is 17.2. The molecule has 0 radical (unpaired) electrons. The molecule has 0 bridgehead atoms. The van der Waals surface area contributed by atoms with Gasteiger partial charge in [0.2, 0.25) is 0 Å². The van der Waals surface area contributed by atoms with Crippen molar-refractivity contribution in [1.29, 1.82) is 0 Å². The van der Waals surface area contributed by atoms with Gasteiger partial charge in [-0.25, -0.2) is 0 Å². The van der Waals surface area contributed by atoms with E-state index in [4.69, 9.17) is 37.4 Å². The number of benzene rings is 2. The van der Waals surface area contributed by atoms with Crippen LogP contribution in [0.2, 0.25) is 10.0 Å². The van der Waals surface area contributed by atoms with Crippen molar-refractivity contribution in [3.8, 4) is 22.6 Å². The quantitative estimate of drug-likeness (QED) is 0.713. The van der Waals surface area contributed by atoms with Crippen LogP contribution in [0.5, 0.6) is 11.5 Å². The van der Waals surface area contributed by atoms with Crippen molar-refractivity contribution in [1.82, 2.24) is 5.32 Å². The fourth-order valence-electron chi connectivity index (χ4n) is 4.19. The summed E-state index contributed by atoms with van der Waals surface area (Å²) in [4.78, 5) is 6.93. The number of methoxy groups -OCH3 is 3. The Morgan fingerprint density at radius 1 is 1.10 bits per heavy atom. The number of aliphatic imine (C=N–C) groups is 1. The standard InChI is InChI=1S/C22H25Cl2N3O3/c1-28-11-15-7-16(10-26-15)27-12-25-9-14-6-13(4-5-17(14)27)20-21(23)18(29-2)8-19(30-3)22(20)24/h4-6,8-9,15-16,26H,7,10-12H2,1-3H3/t15-,16-/m0/s1. The molecule has 4 rings (SSSR count). The minimum atomic E-state index is 0.371. The van der Waals surface area contributed by atoms with Crippen LogP contribution in [0.4, 0.5) is 5.69 Å². The third-order valence-corrected chi connectivity index (χ3v) is 6.42. The van der Waals surface area contributed by atoms with E-state index in [0.29, 0.717) is 52.5 Å². The average molecular weight is 450 g/mol. The molecule has 2 aromatic rings. The van der Waals surface area contributed by atoms with Gasteiger partial charge in [0.1, 0.15) is 18.2 Å². The lowest BCUT2D eigenvalue weighted by atomic mass is 9.99. The Balaban J connectivity index is 1.70. The summed E-state index contributed by atoms with van der Waals surface area (Å²) in [6.45, 7) is 2.27. The Hall–Kier alpha value is -1.99. The van der Waals surface area contributed by atoms with E-state index in [1.165, 1.54) is 0 Å². The third-order valence-electron chi connectivity index (χ3n) is 5.67. The fraction of sp³-hybridized carbons (Fsp3) is 0.409. The Morgan fingerprint density at radius 3 is 2.50 bits per heavy atom. The highest BCUT2D eigenvalue weighted by atomic mass is 35.5. The van der Waals surface area contributed by atoms with Crippen LogP contribution in [-0.2, 0) is 4.74 Å². The second-order valence-corrected chi connectivity index (χ2v) is 8.19. The van der Waals surface area contributed by atoms with Gasteiger partial charge in [-0.3, -0.25) is 4.99 Å². The van der Waals surface area contributed by atoms with Gasteiger partial charge in [0.15, 0.2) is 0 Å². The SMILES string of the molecule is COC[C@@H]1C[C@H](N2CN=Cc3cc(-c4c(Cl)c(OC)cc(OC)c4Cl)ccc32)CN1. The summed E-state index contributed by atoms with van der Waals surface area (Å²) in [6.07, 6.45) is 2.93. The largest absolute Gasteiger partial charge is 0.495 e. The van der Waals surface area contributed by atoms with E-state index in [1.54, 1.807) is 27.4 Å². The van der Waals surface area contributed by atoms with Crippen molar-refractivity contribution in [3.63, 3.8) is 0 Å². The van der Waals surface area contributed by atoms with E-state index in [9.17, 15) is 0 Å². The molecule has 0 amide bonds. The molecule has 2 aliphatic heterocycles. The first-order valence-electron chi connectivity index (χ1n) is 9.80. The number of nitrogens with one attached hydrogen (secondary N) is 1. The second-order valence-electron chi connectivity index (χ2n) is 7.43. The van der Waals surface area contributed by atoms with E-state index in [1.807, 2.05) is 12.3 Å². The van der Waals surface area contributed by atoms with E-state index in [-0.39, 0.29) is 0 Å². The third kappa shape index (κ3) is 3.85. The number of anilines is 1. The maximum absolute atomic E-state index is 6.61. The molecule has 2 aromatic carbocycles. The first-order valence-corrected chi connectivity index (χ1v) is 10.6. The van der Waals surface area contributed by atoms with E-state index in [2.05, 4.69) is 27.3 Å². The van der Waals surface area contributed by atoms with Gasteiger partial charge >= 0.3 is 0 Å². The Labute approximate surface area is 186 Å². The molecular weight excluding hydrogens is 425 g/mol. The summed E-state index contributed by atoms with van der Waals surface area (Å²) in [5, 5.41) is 4.44. The Morgan fingerprint density at radius 2 is 1.83 bits per heavy atom. The van der Waals surface area contributed by atoms with Crippen LogP contribution < -0.4 is 19.7 Å². The Bertz CT molecular complexity index is 939. The lowest BCUT2D eigenvalue weighted by Gasteiger charge is -2.33. The summed E-state index contributed by atoms with van der Waals surface area (Å²) in [5.41, 5.74) is 3.75. The molecule has 0 aromatic heterocycles. The number of hydrogen-bond acceptors (Lipinski definition) is 6. The molecule has 0 unspecified atom stereocenters. The van der Waals surface area contributed by atoms with Gasteiger partial charge in [0.05, 0.1) is 30.9 Å². The van der Waals surface area contributed by atoms with Crippen LogP contribution >= 0.6 is 23.2 Å². The normalized spacial score (nSPS) is 20.4. The molecule has 8 heteroatoms. The molecule has 1 fully saturated rings. The van der Waals surface area contributed by atoms with Crippen LogP contribution in [0.25, 0.3) is 11.1 Å². The lowest BCUT2D eigenvalue weighted by molar-refractivity contribution is 0.173. The maximum atomic E-state index is 6.61. The van der Waals surface area contributed by atoms with Crippen LogP contribution in [-0.4, -0.2) is 59.4 Å². The van der Waals surface area contributed by atoms with Crippen molar-refractivity contribution in [2.24, 2.45) is 4.99 Å². The zero-order chi connectivity index (χ0) is 21.3. The molecule has 2 atom stereocenters. The van der Waals surface area contributed by atoms with Crippen LogP contribution in [0.3, 0.4) is 0 Å². The molecule has 6 nitrogen and oxygen atoms in total. The number of fused-ring (bicyclic) bond motifs is 1. The maximum Gasteiger partial charge on any atom is 0.141 e. The zero-order valence-corrected chi connectivity index (χ0v) is 18.8. The molecule has 0 saturated carbocycles. The summed E-state index contributed by atoms with van der Waals surface area (Å²) in [7, 11) is 4.88. The minimum absolute atomic E-state index is 0.371. The average Bonchev–Trinajstić information content (AvgIpc) is 3.22. The highest BCUT2D eigenvalue weighted by Crippen LogP contribution is 2.46. The van der Waals surface area contributed by atoms with Gasteiger partial charge < -0.3 is 24.4 Å². The van der Waals surface area contributed by atoms with Gasteiger partial charge in [-0.05, 0) is 24.1 Å². The van der Waals surface area contributed by atoms with Crippen LogP contribution in [0.15, 0.2) is 29.3 Å². The molecule has 1 N–H and O–H groups in total. The molecule has 30 heavy (non-hydrogen) atoms. The number of hydrogen-bond donors (Lipinski definition) is 1. The lowest BCUT2D eigenvalue weighted by Crippen LogP contribution is -2.39. The van der Waals surface area contributed by atoms with Crippen molar-refractivity contribution in [3.05, 3.63) is 39.9 Å². The number of ether oxygens (including phenoxy) is 3. The molecule has 1 saturated heterocycles. The smallest absolute Gasteiger partial charge is 0.141 e. The van der Waals surface area contributed by atoms with Gasteiger partial charge in [-0.2, -0.15) is 0 Å². The van der Waals surface area contributed by atoms with Crippen molar-refractivity contribution >= 4 is 35.1 Å². The van der Waals surface area contributed by atoms with E-state index < -0.39 is 0 Å². The van der Waals surface area contributed by atoms with Crippen molar-refractivity contribution < 1.29 is 14.2 Å². The van der Waals surface area contributed by atoms with Gasteiger partial charge in [-0.1, -0.05) is 29.3 Å². The van der Waals surface area contributed by atoms with E-state index in [0.717, 1.165) is 29.8 Å². The molecule has 2 aliphatic rings. The second kappa shape index (κ2) is 9.02. The Kier molecular flexibility index (Phi) is 6.39. The van der Waals surface area contributed by atoms with Crippen molar-refractivity contribution in [2.75, 3.05) is 46.0 Å². The van der Waals surface area contributed by atoms with E-state index >= 15 is 0 Å². The van der Waals surface area contributed by atoms with Gasteiger partial charge in [0.25, 0.3) is 0 Å². The molecule has 160 valence electrons. The van der Waals surface area contributed by atoms with Crippen LogP contribution in [0.1, 0.15) is 12.0 Å². The van der Waals surface area contributed by atoms with Crippen LogP contribution in [0, 0.1) is 0 Å². The van der Waals surface area contributed by atoms with Crippen molar-refractivity contribution in [2.45, 2.75) is 18.5 Å². The number of rotatable bonds is 6. The predicted octanol–water partition coefficient (Wildman–Crippen LogP) is 4.25. The topological polar surface area (TPSA) is 55.3 Å². The summed E-state index contributed by atoms with van der Waals surface area (Å²) < 4.78 is 16.1. The van der Waals surface area contributed by atoms with Gasteiger partial charge in [0, 0.05) is 54.8 Å². The summed E-state index contributed by atoms with van der Waals surface area (Å²) in [5.74, 6) is 1.03. The highest BCUT2D eigenvalue weighted by molar-refractivity contribution is 6.41. The summed E-state index contributed by atoms with van der Waals surface area (Å²) >= 11 is 13.2. The number of nitrogens with zero attached hydrogens (tertiary/aromatic N) is 2. The molecular formula is C22H25Cl2N3O3. The monoisotopic (exact) mass is 449 g/mol. The fourth-order valence-corrected chi connectivity index (χ4v) is 4.91. The molecule has 0 spiro atoms. The molecule has 2 heterocycles. The minimum Gasteiger partial charge on any atom is -0.495 e.